The third kappa shape index (κ3) is 6.24. The normalized spacial score (nSPS) is 13.4. The highest BCUT2D eigenvalue weighted by Crippen LogP contribution is 2.36. The minimum atomic E-state index is -4.43. The van der Waals surface area contributed by atoms with Gasteiger partial charge in [0.05, 0.1) is 12.9 Å². The van der Waals surface area contributed by atoms with Gasteiger partial charge < -0.3 is 13.7 Å². The number of ether oxygens (including phenoxy) is 2. The van der Waals surface area contributed by atoms with Crippen molar-refractivity contribution in [1.82, 2.24) is 0 Å². The van der Waals surface area contributed by atoms with E-state index in [-0.39, 0.29) is 11.5 Å². The smallest absolute Gasteiger partial charge is 0.389 e. The summed E-state index contributed by atoms with van der Waals surface area (Å²) < 4.78 is 76.1. The quantitative estimate of drug-likeness (QED) is 0.425. The van der Waals surface area contributed by atoms with Gasteiger partial charge in [0.25, 0.3) is 0 Å². The number of hydrogen-bond acceptors (Lipinski definition) is 6. The fourth-order valence-electron chi connectivity index (χ4n) is 3.05. The maximum Gasteiger partial charge on any atom is 0.389 e. The molecule has 10 heteroatoms. The summed E-state index contributed by atoms with van der Waals surface area (Å²) >= 11 is 0. The lowest BCUT2D eigenvalue weighted by atomic mass is 10.1. The van der Waals surface area contributed by atoms with E-state index in [2.05, 4.69) is 0 Å². The summed E-state index contributed by atoms with van der Waals surface area (Å²) in [6.07, 6.45) is -4.20. The maximum atomic E-state index is 12.2. The predicted octanol–water partition coefficient (Wildman–Crippen LogP) is 4.64. The van der Waals surface area contributed by atoms with E-state index in [4.69, 9.17) is 13.7 Å². The van der Waals surface area contributed by atoms with Gasteiger partial charge in [-0.3, -0.25) is 0 Å². The van der Waals surface area contributed by atoms with E-state index in [1.54, 1.807) is 24.3 Å². The van der Waals surface area contributed by atoms with Gasteiger partial charge in [-0.2, -0.15) is 21.6 Å². The standard InChI is InChI=1S/C21H19F3O6S/c1-28-20(25)15-11-14-5-2-8-19(18(14)12-15)29-16-6-3-7-17(13-16)30-31(26,27)10-4-9-21(22,23)24/h2-3,5-8,11,13H,4,9-10,12H2,1H3. The lowest BCUT2D eigenvalue weighted by Gasteiger charge is -2.12. The molecule has 0 aromatic heterocycles. The van der Waals surface area contributed by atoms with E-state index in [0.717, 1.165) is 11.1 Å². The van der Waals surface area contributed by atoms with Crippen LogP contribution in [0.25, 0.3) is 6.08 Å². The van der Waals surface area contributed by atoms with Crippen molar-refractivity contribution in [3.05, 3.63) is 59.2 Å². The van der Waals surface area contributed by atoms with Crippen molar-refractivity contribution in [1.29, 1.82) is 0 Å². The Morgan fingerprint density at radius 1 is 1.10 bits per heavy atom. The topological polar surface area (TPSA) is 78.9 Å². The fraction of sp³-hybridized carbons (Fsp3) is 0.286. The van der Waals surface area contributed by atoms with Crippen LogP contribution in [0.15, 0.2) is 48.0 Å². The van der Waals surface area contributed by atoms with Crippen molar-refractivity contribution in [3.8, 4) is 17.2 Å². The van der Waals surface area contributed by atoms with E-state index in [9.17, 15) is 26.4 Å². The fourth-order valence-corrected chi connectivity index (χ4v) is 4.03. The Bertz CT molecular complexity index is 1110. The number of fused-ring (bicyclic) bond motifs is 1. The molecule has 0 radical (unpaired) electrons. The molecule has 2 aromatic carbocycles. The molecule has 0 fully saturated rings. The van der Waals surface area contributed by atoms with Crippen molar-refractivity contribution >= 4 is 22.2 Å². The highest BCUT2D eigenvalue weighted by Gasteiger charge is 2.28. The summed E-state index contributed by atoms with van der Waals surface area (Å²) in [7, 11) is -2.89. The minimum absolute atomic E-state index is 0.0783. The molecule has 0 bridgehead atoms. The molecular formula is C21H19F3O6S. The van der Waals surface area contributed by atoms with E-state index >= 15 is 0 Å². The number of methoxy groups -OCH3 is 1. The van der Waals surface area contributed by atoms with Crippen LogP contribution in [-0.2, 0) is 26.1 Å². The summed E-state index contributed by atoms with van der Waals surface area (Å²) in [4.78, 5) is 11.8. The van der Waals surface area contributed by atoms with Crippen molar-refractivity contribution in [2.24, 2.45) is 0 Å². The number of rotatable bonds is 8. The van der Waals surface area contributed by atoms with Gasteiger partial charge in [-0.15, -0.1) is 0 Å². The van der Waals surface area contributed by atoms with E-state index < -0.39 is 40.9 Å². The molecule has 0 saturated heterocycles. The molecule has 0 spiro atoms. The molecular weight excluding hydrogens is 437 g/mol. The first-order valence-electron chi connectivity index (χ1n) is 9.24. The third-order valence-electron chi connectivity index (χ3n) is 4.42. The Morgan fingerprint density at radius 3 is 2.52 bits per heavy atom. The number of esters is 1. The molecule has 6 nitrogen and oxygen atoms in total. The monoisotopic (exact) mass is 456 g/mol. The molecule has 0 heterocycles. The molecule has 0 aliphatic heterocycles. The molecule has 166 valence electrons. The van der Waals surface area contributed by atoms with Crippen molar-refractivity contribution in [2.45, 2.75) is 25.4 Å². The second kappa shape index (κ2) is 9.01. The maximum absolute atomic E-state index is 12.2. The van der Waals surface area contributed by atoms with Gasteiger partial charge in [0.1, 0.15) is 17.2 Å². The highest BCUT2D eigenvalue weighted by atomic mass is 32.2. The van der Waals surface area contributed by atoms with Gasteiger partial charge in [0, 0.05) is 30.0 Å². The number of carbonyl (C=O) groups excluding carboxylic acids is 1. The molecule has 0 unspecified atom stereocenters. The molecule has 1 aliphatic rings. The van der Waals surface area contributed by atoms with Gasteiger partial charge in [0.2, 0.25) is 0 Å². The van der Waals surface area contributed by atoms with Gasteiger partial charge in [-0.05, 0) is 36.3 Å². The van der Waals surface area contributed by atoms with Crippen LogP contribution < -0.4 is 8.92 Å². The van der Waals surface area contributed by atoms with Crippen molar-refractivity contribution in [2.75, 3.05) is 12.9 Å². The van der Waals surface area contributed by atoms with Crippen molar-refractivity contribution in [3.63, 3.8) is 0 Å². The number of hydrogen-bond donors (Lipinski definition) is 0. The van der Waals surface area contributed by atoms with Gasteiger partial charge in [0.15, 0.2) is 0 Å². The average molecular weight is 456 g/mol. The molecule has 0 atom stereocenters. The molecule has 0 N–H and O–H groups in total. The third-order valence-corrected chi connectivity index (χ3v) is 5.66. The van der Waals surface area contributed by atoms with Gasteiger partial charge in [-0.25, -0.2) is 4.79 Å². The molecule has 3 rings (SSSR count). The molecule has 0 amide bonds. The SMILES string of the molecule is COC(=O)C1=Cc2cccc(Oc3cccc(OS(=O)(=O)CCCC(F)(F)F)c3)c2C1. The number of carbonyl (C=O) groups is 1. The van der Waals surface area contributed by atoms with Crippen LogP contribution in [0, 0.1) is 0 Å². The van der Waals surface area contributed by atoms with Crippen molar-refractivity contribution < 1.29 is 40.0 Å². The summed E-state index contributed by atoms with van der Waals surface area (Å²) in [6.45, 7) is 0. The Hall–Kier alpha value is -3.01. The van der Waals surface area contributed by atoms with Crippen LogP contribution in [0.2, 0.25) is 0 Å². The predicted molar refractivity (Wildman–Crippen MR) is 106 cm³/mol. The lowest BCUT2D eigenvalue weighted by Crippen LogP contribution is -2.16. The number of benzene rings is 2. The van der Waals surface area contributed by atoms with E-state index in [1.807, 2.05) is 6.07 Å². The van der Waals surface area contributed by atoms with Crippen LogP contribution in [0.3, 0.4) is 0 Å². The van der Waals surface area contributed by atoms with Crippen LogP contribution >= 0.6 is 0 Å². The lowest BCUT2D eigenvalue weighted by molar-refractivity contribution is -0.136. The second-order valence-electron chi connectivity index (χ2n) is 6.80. The first-order chi connectivity index (χ1) is 14.6. The largest absolute Gasteiger partial charge is 0.466 e. The second-order valence-corrected chi connectivity index (χ2v) is 8.49. The zero-order chi connectivity index (χ0) is 22.6. The molecule has 2 aromatic rings. The Labute approximate surface area is 177 Å². The van der Waals surface area contributed by atoms with Crippen LogP contribution in [-0.4, -0.2) is 33.4 Å². The van der Waals surface area contributed by atoms with Crippen LogP contribution in [0.1, 0.15) is 24.0 Å². The first-order valence-corrected chi connectivity index (χ1v) is 10.8. The molecule has 1 aliphatic carbocycles. The van der Waals surface area contributed by atoms with E-state index in [1.165, 1.54) is 25.3 Å². The van der Waals surface area contributed by atoms with Gasteiger partial charge in [-0.1, -0.05) is 18.2 Å². The Kier molecular flexibility index (Phi) is 6.59. The zero-order valence-corrected chi connectivity index (χ0v) is 17.3. The Morgan fingerprint density at radius 2 is 1.81 bits per heavy atom. The summed E-state index contributed by atoms with van der Waals surface area (Å²) in [5, 5.41) is 0. The van der Waals surface area contributed by atoms with Gasteiger partial charge >= 0.3 is 22.3 Å². The van der Waals surface area contributed by atoms with Crippen LogP contribution in [0.4, 0.5) is 13.2 Å². The number of alkyl halides is 3. The van der Waals surface area contributed by atoms with Crippen LogP contribution in [0.5, 0.6) is 17.2 Å². The Balaban J connectivity index is 1.69. The summed E-state index contributed by atoms with van der Waals surface area (Å²) in [6, 6.07) is 11.0. The van der Waals surface area contributed by atoms with E-state index in [0.29, 0.717) is 17.7 Å². The minimum Gasteiger partial charge on any atom is -0.466 e. The summed E-state index contributed by atoms with van der Waals surface area (Å²) in [5.41, 5.74) is 2.06. The first kappa shape index (κ1) is 22.7. The average Bonchev–Trinajstić information content (AvgIpc) is 3.11. The number of halogens is 3. The molecule has 0 saturated carbocycles. The molecule has 31 heavy (non-hydrogen) atoms. The highest BCUT2D eigenvalue weighted by molar-refractivity contribution is 7.87. The summed E-state index contributed by atoms with van der Waals surface area (Å²) in [5.74, 6) is -0.536. The zero-order valence-electron chi connectivity index (χ0n) is 16.4.